The molecule has 102 valence electrons. The van der Waals surface area contributed by atoms with Crippen molar-refractivity contribution in [1.82, 2.24) is 0 Å². The Morgan fingerprint density at radius 3 is 1.95 bits per heavy atom. The minimum absolute atomic E-state index is 0.272. The average Bonchev–Trinajstić information content (AvgIpc) is 2.47. The van der Waals surface area contributed by atoms with Crippen LogP contribution in [-0.4, -0.2) is 18.3 Å². The van der Waals surface area contributed by atoms with E-state index in [2.05, 4.69) is 71.8 Å². The van der Waals surface area contributed by atoms with Crippen LogP contribution in [-0.2, 0) is 9.31 Å². The molecule has 1 saturated heterocycles. The van der Waals surface area contributed by atoms with Crippen LogP contribution in [0.2, 0.25) is 0 Å². The SMILES string of the molecule is C/C(=C/B1OC(C)(C)C(C)(C)O1)c1ccc(C)cc1. The lowest BCUT2D eigenvalue weighted by molar-refractivity contribution is 0.00578. The molecule has 2 rings (SSSR count). The van der Waals surface area contributed by atoms with Crippen LogP contribution in [0.1, 0.15) is 45.7 Å². The third-order valence-corrected chi connectivity index (χ3v) is 4.16. The molecule has 0 spiro atoms. The second kappa shape index (κ2) is 4.80. The molecular formula is C16H23BO2. The fourth-order valence-corrected chi connectivity index (χ4v) is 2.07. The molecular weight excluding hydrogens is 235 g/mol. The van der Waals surface area contributed by atoms with Crippen LogP contribution < -0.4 is 0 Å². The molecule has 0 N–H and O–H groups in total. The zero-order valence-electron chi connectivity index (χ0n) is 12.8. The Morgan fingerprint density at radius 2 is 1.47 bits per heavy atom. The summed E-state index contributed by atoms with van der Waals surface area (Å²) in [7, 11) is -0.272. The Bertz CT molecular complexity index is 470. The molecule has 0 radical (unpaired) electrons. The number of aryl methyl sites for hydroxylation is 1. The lowest BCUT2D eigenvalue weighted by Crippen LogP contribution is -2.41. The van der Waals surface area contributed by atoms with E-state index in [4.69, 9.17) is 9.31 Å². The maximum atomic E-state index is 5.98. The molecule has 19 heavy (non-hydrogen) atoms. The Hall–Kier alpha value is -1.06. The van der Waals surface area contributed by atoms with Gasteiger partial charge in [-0.1, -0.05) is 41.4 Å². The van der Waals surface area contributed by atoms with E-state index in [1.54, 1.807) is 0 Å². The van der Waals surface area contributed by atoms with Crippen LogP contribution in [0, 0.1) is 6.92 Å². The van der Waals surface area contributed by atoms with Crippen molar-refractivity contribution in [2.24, 2.45) is 0 Å². The van der Waals surface area contributed by atoms with Crippen molar-refractivity contribution < 1.29 is 9.31 Å². The molecule has 0 aliphatic carbocycles. The minimum Gasteiger partial charge on any atom is -0.400 e. The lowest BCUT2D eigenvalue weighted by atomic mass is 9.85. The summed E-state index contributed by atoms with van der Waals surface area (Å²) in [5, 5.41) is 0. The van der Waals surface area contributed by atoms with Gasteiger partial charge in [0.1, 0.15) is 0 Å². The van der Waals surface area contributed by atoms with Gasteiger partial charge in [-0.25, -0.2) is 0 Å². The van der Waals surface area contributed by atoms with Crippen molar-refractivity contribution in [3.8, 4) is 0 Å². The quantitative estimate of drug-likeness (QED) is 0.745. The van der Waals surface area contributed by atoms with Gasteiger partial charge in [-0.15, -0.1) is 0 Å². The van der Waals surface area contributed by atoms with E-state index in [-0.39, 0.29) is 18.3 Å². The number of hydrogen-bond acceptors (Lipinski definition) is 2. The molecule has 0 aromatic heterocycles. The van der Waals surface area contributed by atoms with Crippen LogP contribution >= 0.6 is 0 Å². The van der Waals surface area contributed by atoms with Gasteiger partial charge >= 0.3 is 7.12 Å². The van der Waals surface area contributed by atoms with Gasteiger partial charge in [0, 0.05) is 0 Å². The summed E-state index contributed by atoms with van der Waals surface area (Å²) in [4.78, 5) is 0. The summed E-state index contributed by atoms with van der Waals surface area (Å²) in [6.07, 6.45) is 0. The van der Waals surface area contributed by atoms with Crippen molar-refractivity contribution in [2.75, 3.05) is 0 Å². The molecule has 0 atom stereocenters. The first-order valence-electron chi connectivity index (χ1n) is 6.82. The van der Waals surface area contributed by atoms with Crippen LogP contribution in [0.5, 0.6) is 0 Å². The van der Waals surface area contributed by atoms with Crippen molar-refractivity contribution in [1.29, 1.82) is 0 Å². The molecule has 0 unspecified atom stereocenters. The first kappa shape index (κ1) is 14.4. The number of allylic oxidation sites excluding steroid dienone is 1. The van der Waals surface area contributed by atoms with Gasteiger partial charge in [0.2, 0.25) is 0 Å². The van der Waals surface area contributed by atoms with E-state index in [1.165, 1.54) is 16.7 Å². The van der Waals surface area contributed by atoms with E-state index in [0.717, 1.165) is 0 Å². The number of benzene rings is 1. The van der Waals surface area contributed by atoms with Gasteiger partial charge < -0.3 is 9.31 Å². The van der Waals surface area contributed by atoms with Crippen molar-refractivity contribution in [3.05, 3.63) is 41.4 Å². The predicted molar refractivity (Wildman–Crippen MR) is 80.9 cm³/mol. The summed E-state index contributed by atoms with van der Waals surface area (Å²) in [5.74, 6) is 2.06. The number of hydrogen-bond donors (Lipinski definition) is 0. The van der Waals surface area contributed by atoms with Gasteiger partial charge in [-0.2, -0.15) is 0 Å². The summed E-state index contributed by atoms with van der Waals surface area (Å²) >= 11 is 0. The topological polar surface area (TPSA) is 18.5 Å². The fourth-order valence-electron chi connectivity index (χ4n) is 2.07. The van der Waals surface area contributed by atoms with Crippen molar-refractivity contribution >= 4 is 12.7 Å². The summed E-state index contributed by atoms with van der Waals surface area (Å²) < 4.78 is 12.0. The third kappa shape index (κ3) is 2.93. The Balaban J connectivity index is 2.17. The van der Waals surface area contributed by atoms with E-state index in [9.17, 15) is 0 Å². The molecule has 3 heteroatoms. The molecule has 0 saturated carbocycles. The van der Waals surface area contributed by atoms with E-state index in [0.29, 0.717) is 0 Å². The molecule has 1 heterocycles. The van der Waals surface area contributed by atoms with Gasteiger partial charge in [-0.3, -0.25) is 0 Å². The Kier molecular flexibility index (Phi) is 3.63. The fraction of sp³-hybridized carbons (Fsp3) is 0.500. The standard InChI is InChI=1S/C16H23BO2/c1-12-7-9-14(10-8-12)13(2)11-17-18-15(3,4)16(5,6)19-17/h7-11H,1-6H3/b13-11-. The Labute approximate surface area is 117 Å². The Morgan fingerprint density at radius 1 is 1.00 bits per heavy atom. The van der Waals surface area contributed by atoms with Gasteiger partial charge in [0.25, 0.3) is 0 Å². The summed E-state index contributed by atoms with van der Waals surface area (Å²) in [6.45, 7) is 12.5. The molecule has 2 nitrogen and oxygen atoms in total. The maximum Gasteiger partial charge on any atom is 0.487 e. The predicted octanol–water partition coefficient (Wildman–Crippen LogP) is 4.03. The molecule has 1 aromatic rings. The maximum absolute atomic E-state index is 5.98. The largest absolute Gasteiger partial charge is 0.487 e. The highest BCUT2D eigenvalue weighted by Gasteiger charge is 2.50. The summed E-state index contributed by atoms with van der Waals surface area (Å²) in [5.41, 5.74) is 3.11. The second-order valence-corrected chi connectivity index (χ2v) is 6.34. The highest BCUT2D eigenvalue weighted by atomic mass is 16.7. The van der Waals surface area contributed by atoms with Gasteiger partial charge in [0.15, 0.2) is 0 Å². The minimum atomic E-state index is -0.276. The van der Waals surface area contributed by atoms with Crippen LogP contribution in [0.3, 0.4) is 0 Å². The van der Waals surface area contributed by atoms with Crippen LogP contribution in [0.25, 0.3) is 5.57 Å². The monoisotopic (exact) mass is 258 g/mol. The highest BCUT2D eigenvalue weighted by molar-refractivity contribution is 6.53. The van der Waals surface area contributed by atoms with Gasteiger partial charge in [0.05, 0.1) is 11.2 Å². The molecule has 1 aromatic carbocycles. The smallest absolute Gasteiger partial charge is 0.400 e. The average molecular weight is 258 g/mol. The van der Waals surface area contributed by atoms with Crippen molar-refractivity contribution in [2.45, 2.75) is 52.7 Å². The number of rotatable bonds is 2. The molecule has 0 bridgehead atoms. The normalized spacial score (nSPS) is 21.8. The van der Waals surface area contributed by atoms with Crippen molar-refractivity contribution in [3.63, 3.8) is 0 Å². The van der Waals surface area contributed by atoms with E-state index >= 15 is 0 Å². The molecule has 1 aliphatic rings. The first-order chi connectivity index (χ1) is 8.71. The second-order valence-electron chi connectivity index (χ2n) is 6.34. The van der Waals surface area contributed by atoms with Crippen LogP contribution in [0.15, 0.2) is 30.2 Å². The van der Waals surface area contributed by atoms with E-state index in [1.807, 2.05) is 0 Å². The first-order valence-corrected chi connectivity index (χ1v) is 6.82. The van der Waals surface area contributed by atoms with Gasteiger partial charge in [-0.05, 0) is 47.1 Å². The lowest BCUT2D eigenvalue weighted by Gasteiger charge is -2.32. The third-order valence-electron chi connectivity index (χ3n) is 4.16. The van der Waals surface area contributed by atoms with E-state index < -0.39 is 0 Å². The molecule has 0 amide bonds. The summed E-state index contributed by atoms with van der Waals surface area (Å²) in [6, 6.07) is 8.51. The zero-order valence-corrected chi connectivity index (χ0v) is 12.8. The van der Waals surface area contributed by atoms with Crippen LogP contribution in [0.4, 0.5) is 0 Å². The highest BCUT2D eigenvalue weighted by Crippen LogP contribution is 2.37. The zero-order chi connectivity index (χ0) is 14.3. The molecule has 1 fully saturated rings. The molecule has 1 aliphatic heterocycles.